The minimum Gasteiger partial charge on any atom is -0.335 e. The van der Waals surface area contributed by atoms with Gasteiger partial charge in [0.25, 0.3) is 5.91 Å². The lowest BCUT2D eigenvalue weighted by molar-refractivity contribution is 0.0745. The van der Waals surface area contributed by atoms with E-state index in [9.17, 15) is 4.79 Å². The van der Waals surface area contributed by atoms with E-state index in [2.05, 4.69) is 17.0 Å². The summed E-state index contributed by atoms with van der Waals surface area (Å²) in [6.45, 7) is 7.31. The van der Waals surface area contributed by atoms with Crippen molar-refractivity contribution in [3.63, 3.8) is 0 Å². The molecule has 2 aromatic rings. The van der Waals surface area contributed by atoms with Gasteiger partial charge in [0, 0.05) is 24.0 Å². The summed E-state index contributed by atoms with van der Waals surface area (Å²) in [6, 6.07) is 2.17. The molecule has 1 amide bonds. The highest BCUT2D eigenvalue weighted by molar-refractivity contribution is 6.00. The highest BCUT2D eigenvalue weighted by Gasteiger charge is 2.33. The first-order valence-electron chi connectivity index (χ1n) is 7.34. The van der Waals surface area contributed by atoms with Crippen LogP contribution in [0.5, 0.6) is 0 Å². The molecule has 0 aliphatic carbocycles. The van der Waals surface area contributed by atoms with Gasteiger partial charge in [0.2, 0.25) is 0 Å². The molecule has 6 nitrogen and oxygen atoms in total. The number of carbonyl (C=O) groups excluding carboxylic acids is 1. The molecule has 1 saturated heterocycles. The highest BCUT2D eigenvalue weighted by Crippen LogP contribution is 2.25. The van der Waals surface area contributed by atoms with Gasteiger partial charge in [-0.05, 0) is 45.7 Å². The van der Waals surface area contributed by atoms with Crippen molar-refractivity contribution in [3.8, 4) is 0 Å². The highest BCUT2D eigenvalue weighted by atomic mass is 16.2. The molecule has 21 heavy (non-hydrogen) atoms. The SMILES string of the molecule is Cc1cc(C)n2ncc(C(=O)N3CC(CN)CC3C)c2n1. The van der Waals surface area contributed by atoms with Crippen molar-refractivity contribution in [1.82, 2.24) is 19.5 Å². The van der Waals surface area contributed by atoms with Gasteiger partial charge in [0.15, 0.2) is 5.65 Å². The Balaban J connectivity index is 1.99. The molecular formula is C15H21N5O. The van der Waals surface area contributed by atoms with Crippen molar-refractivity contribution in [2.24, 2.45) is 11.7 Å². The summed E-state index contributed by atoms with van der Waals surface area (Å²) in [4.78, 5) is 19.2. The Bertz CT molecular complexity index is 693. The summed E-state index contributed by atoms with van der Waals surface area (Å²) in [7, 11) is 0. The van der Waals surface area contributed by atoms with Crippen LogP contribution < -0.4 is 5.73 Å². The van der Waals surface area contributed by atoms with Crippen molar-refractivity contribution in [2.75, 3.05) is 13.1 Å². The molecule has 0 spiro atoms. The van der Waals surface area contributed by atoms with Crippen LogP contribution in [0.1, 0.15) is 35.1 Å². The molecule has 112 valence electrons. The number of fused-ring (bicyclic) bond motifs is 1. The van der Waals surface area contributed by atoms with Gasteiger partial charge in [-0.15, -0.1) is 0 Å². The van der Waals surface area contributed by atoms with Crippen molar-refractivity contribution < 1.29 is 4.79 Å². The Labute approximate surface area is 123 Å². The predicted molar refractivity (Wildman–Crippen MR) is 80.1 cm³/mol. The van der Waals surface area contributed by atoms with Crippen molar-refractivity contribution >= 4 is 11.6 Å². The molecule has 0 radical (unpaired) electrons. The van der Waals surface area contributed by atoms with E-state index in [4.69, 9.17) is 5.73 Å². The summed E-state index contributed by atoms with van der Waals surface area (Å²) >= 11 is 0. The molecule has 2 N–H and O–H groups in total. The van der Waals surface area contributed by atoms with Crippen LogP contribution in [0.4, 0.5) is 0 Å². The number of carbonyl (C=O) groups is 1. The molecular weight excluding hydrogens is 266 g/mol. The monoisotopic (exact) mass is 287 g/mol. The molecule has 2 aromatic heterocycles. The van der Waals surface area contributed by atoms with Crippen LogP contribution in [0.2, 0.25) is 0 Å². The normalized spacial score (nSPS) is 22.2. The van der Waals surface area contributed by atoms with Gasteiger partial charge in [0.1, 0.15) is 5.56 Å². The molecule has 1 aliphatic rings. The number of hydrogen-bond donors (Lipinski definition) is 1. The van der Waals surface area contributed by atoms with Gasteiger partial charge >= 0.3 is 0 Å². The average Bonchev–Trinajstić information content (AvgIpc) is 3.01. The van der Waals surface area contributed by atoms with Gasteiger partial charge in [-0.25, -0.2) is 9.50 Å². The number of aromatic nitrogens is 3. The fraction of sp³-hybridized carbons (Fsp3) is 0.533. The first-order chi connectivity index (χ1) is 10.0. The van der Waals surface area contributed by atoms with E-state index in [1.807, 2.05) is 24.8 Å². The zero-order valence-corrected chi connectivity index (χ0v) is 12.7. The van der Waals surface area contributed by atoms with E-state index >= 15 is 0 Å². The molecule has 2 unspecified atom stereocenters. The number of rotatable bonds is 2. The van der Waals surface area contributed by atoms with E-state index in [-0.39, 0.29) is 11.9 Å². The van der Waals surface area contributed by atoms with E-state index in [1.165, 1.54) is 0 Å². The smallest absolute Gasteiger partial charge is 0.259 e. The zero-order chi connectivity index (χ0) is 15.1. The minimum absolute atomic E-state index is 0.00551. The average molecular weight is 287 g/mol. The van der Waals surface area contributed by atoms with Crippen LogP contribution >= 0.6 is 0 Å². The summed E-state index contributed by atoms with van der Waals surface area (Å²) in [5.41, 5.74) is 8.83. The van der Waals surface area contributed by atoms with E-state index < -0.39 is 0 Å². The molecule has 1 aliphatic heterocycles. The van der Waals surface area contributed by atoms with Crippen molar-refractivity contribution in [2.45, 2.75) is 33.2 Å². The molecule has 2 atom stereocenters. The Hall–Kier alpha value is -1.95. The summed E-state index contributed by atoms with van der Waals surface area (Å²) in [6.07, 6.45) is 2.59. The third-order valence-electron chi connectivity index (χ3n) is 4.26. The standard InChI is InChI=1S/C15H21N5O/c1-9-4-11(3)20-14(18-9)13(7-17-20)15(21)19-8-12(6-16)5-10(19)2/h4,7,10,12H,5-6,8,16H2,1-3H3. The second-order valence-electron chi connectivity index (χ2n) is 5.98. The Morgan fingerprint density at radius 1 is 1.48 bits per heavy atom. The van der Waals surface area contributed by atoms with Gasteiger partial charge in [-0.3, -0.25) is 4.79 Å². The van der Waals surface area contributed by atoms with Crippen LogP contribution in [-0.4, -0.2) is 44.5 Å². The first kappa shape index (κ1) is 14.0. The molecule has 3 heterocycles. The van der Waals surface area contributed by atoms with E-state index in [1.54, 1.807) is 10.7 Å². The van der Waals surface area contributed by atoms with E-state index in [0.29, 0.717) is 23.7 Å². The van der Waals surface area contributed by atoms with Gasteiger partial charge in [-0.2, -0.15) is 5.10 Å². The second-order valence-corrected chi connectivity index (χ2v) is 5.98. The Morgan fingerprint density at radius 2 is 2.24 bits per heavy atom. The van der Waals surface area contributed by atoms with Crippen molar-refractivity contribution in [1.29, 1.82) is 0 Å². The summed E-state index contributed by atoms with van der Waals surface area (Å²) in [5, 5.41) is 4.30. The zero-order valence-electron chi connectivity index (χ0n) is 12.7. The fourth-order valence-electron chi connectivity index (χ4n) is 3.17. The Kier molecular flexibility index (Phi) is 3.41. The van der Waals surface area contributed by atoms with Crippen LogP contribution in [0.15, 0.2) is 12.3 Å². The van der Waals surface area contributed by atoms with Crippen LogP contribution in [0, 0.1) is 19.8 Å². The van der Waals surface area contributed by atoms with Gasteiger partial charge in [-0.1, -0.05) is 0 Å². The maximum atomic E-state index is 12.8. The maximum Gasteiger partial charge on any atom is 0.259 e. The lowest BCUT2D eigenvalue weighted by atomic mass is 10.1. The quantitative estimate of drug-likeness (QED) is 0.899. The molecule has 3 rings (SSSR count). The molecule has 0 saturated carbocycles. The van der Waals surface area contributed by atoms with Crippen LogP contribution in [-0.2, 0) is 0 Å². The van der Waals surface area contributed by atoms with Gasteiger partial charge < -0.3 is 10.6 Å². The van der Waals surface area contributed by atoms with E-state index in [0.717, 1.165) is 24.4 Å². The number of likely N-dealkylation sites (tertiary alicyclic amines) is 1. The molecule has 1 fully saturated rings. The number of nitrogens with two attached hydrogens (primary N) is 1. The molecule has 0 aromatic carbocycles. The number of nitrogens with zero attached hydrogens (tertiary/aromatic N) is 4. The van der Waals surface area contributed by atoms with Crippen LogP contribution in [0.25, 0.3) is 5.65 Å². The topological polar surface area (TPSA) is 76.5 Å². The first-order valence-corrected chi connectivity index (χ1v) is 7.34. The number of amides is 1. The molecule has 6 heteroatoms. The third-order valence-corrected chi connectivity index (χ3v) is 4.26. The predicted octanol–water partition coefficient (Wildman–Crippen LogP) is 1.16. The third kappa shape index (κ3) is 2.29. The summed E-state index contributed by atoms with van der Waals surface area (Å²) < 4.78 is 1.72. The number of hydrogen-bond acceptors (Lipinski definition) is 4. The second kappa shape index (κ2) is 5.11. The largest absolute Gasteiger partial charge is 0.335 e. The Morgan fingerprint density at radius 3 is 2.90 bits per heavy atom. The van der Waals surface area contributed by atoms with Crippen LogP contribution in [0.3, 0.4) is 0 Å². The minimum atomic E-state index is 0.00551. The maximum absolute atomic E-state index is 12.8. The number of aryl methyl sites for hydroxylation is 2. The lowest BCUT2D eigenvalue weighted by Gasteiger charge is -2.20. The van der Waals surface area contributed by atoms with Crippen molar-refractivity contribution in [3.05, 3.63) is 29.2 Å². The lowest BCUT2D eigenvalue weighted by Crippen LogP contribution is -2.34. The summed E-state index contributed by atoms with van der Waals surface area (Å²) in [5.74, 6) is 0.396. The fourth-order valence-corrected chi connectivity index (χ4v) is 3.17. The van der Waals surface area contributed by atoms with Gasteiger partial charge in [0.05, 0.1) is 6.20 Å². The molecule has 0 bridgehead atoms.